The van der Waals surface area contributed by atoms with Gasteiger partial charge in [0.25, 0.3) is 0 Å². The minimum absolute atomic E-state index is 0.0842. The maximum Gasteiger partial charge on any atom is 0.316 e. The molecular weight excluding hydrogens is 304 g/mol. The van der Waals surface area contributed by atoms with Gasteiger partial charge in [-0.2, -0.15) is 0 Å². The average Bonchev–Trinajstić information content (AvgIpc) is 3.12. The molecule has 3 saturated carbocycles. The fourth-order valence-electron chi connectivity index (χ4n) is 6.32. The van der Waals surface area contributed by atoms with Crippen molar-refractivity contribution in [1.82, 2.24) is 0 Å². The zero-order valence-corrected chi connectivity index (χ0v) is 13.6. The van der Waals surface area contributed by atoms with E-state index in [1.165, 1.54) is 21.1 Å². The van der Waals surface area contributed by atoms with Crippen LogP contribution in [0.25, 0.3) is 0 Å². The molecule has 2 bridgehead atoms. The Balaban J connectivity index is 1.84. The molecule has 23 heavy (non-hydrogen) atoms. The van der Waals surface area contributed by atoms with Crippen LogP contribution < -0.4 is 0 Å². The van der Waals surface area contributed by atoms with Gasteiger partial charge in [0.15, 0.2) is 0 Å². The Morgan fingerprint density at radius 3 is 2.30 bits per heavy atom. The van der Waals surface area contributed by atoms with E-state index in [1.807, 2.05) is 6.92 Å². The van der Waals surface area contributed by atoms with Crippen LogP contribution in [0, 0.1) is 22.2 Å². The molecule has 126 valence electrons. The Bertz CT molecular complexity index is 644. The highest BCUT2D eigenvalue weighted by atomic mass is 16.6. The summed E-state index contributed by atoms with van der Waals surface area (Å²) in [5.41, 5.74) is -3.78. The molecule has 0 aromatic heterocycles. The average molecular weight is 324 g/mol. The minimum Gasteiger partial charge on any atom is -0.468 e. The third kappa shape index (κ3) is 1.01. The van der Waals surface area contributed by atoms with Crippen LogP contribution >= 0.6 is 0 Å². The van der Waals surface area contributed by atoms with Crippen molar-refractivity contribution in [2.75, 3.05) is 27.4 Å². The number of ketones is 1. The highest BCUT2D eigenvalue weighted by Gasteiger charge is 3.23. The zero-order chi connectivity index (χ0) is 16.8. The van der Waals surface area contributed by atoms with Crippen LogP contribution in [0.5, 0.6) is 0 Å². The SMILES string of the molecule is CCOCC12C3C4OC1(CC(C)=O)C2(C(=O)OC)C43C(=O)OC. The van der Waals surface area contributed by atoms with Gasteiger partial charge in [-0.05, 0) is 13.8 Å². The smallest absolute Gasteiger partial charge is 0.316 e. The van der Waals surface area contributed by atoms with Gasteiger partial charge in [0.05, 0.1) is 32.3 Å². The van der Waals surface area contributed by atoms with Gasteiger partial charge < -0.3 is 18.9 Å². The number of carbonyl (C=O) groups excluding carboxylic acids is 3. The number of esters is 2. The predicted molar refractivity (Wildman–Crippen MR) is 74.2 cm³/mol. The maximum absolute atomic E-state index is 12.7. The van der Waals surface area contributed by atoms with Crippen LogP contribution in [0.2, 0.25) is 0 Å². The summed E-state index contributed by atoms with van der Waals surface area (Å²) < 4.78 is 21.7. The molecular formula is C16H20O7. The largest absolute Gasteiger partial charge is 0.468 e. The summed E-state index contributed by atoms with van der Waals surface area (Å²) in [7, 11) is 2.60. The first-order valence-corrected chi connectivity index (χ1v) is 7.82. The van der Waals surface area contributed by atoms with E-state index >= 15 is 0 Å². The van der Waals surface area contributed by atoms with Gasteiger partial charge >= 0.3 is 11.9 Å². The molecule has 0 spiro atoms. The lowest BCUT2D eigenvalue weighted by Gasteiger charge is -2.36. The lowest BCUT2D eigenvalue weighted by Crippen LogP contribution is -2.51. The standard InChI is InChI=1S/C16H20O7/c1-5-22-7-13-9-10-15(9,11(18)20-3)16(13,12(19)21-4)14(13,23-10)6-8(2)17/h9-10H,5-7H2,1-4H3. The summed E-state index contributed by atoms with van der Waals surface area (Å²) in [4.78, 5) is 37.0. The first-order chi connectivity index (χ1) is 10.9. The van der Waals surface area contributed by atoms with Gasteiger partial charge in [0.2, 0.25) is 0 Å². The van der Waals surface area contributed by atoms with Crippen LogP contribution in [0.4, 0.5) is 0 Å². The van der Waals surface area contributed by atoms with Crippen molar-refractivity contribution in [3.63, 3.8) is 0 Å². The Morgan fingerprint density at radius 2 is 1.78 bits per heavy atom. The quantitative estimate of drug-likeness (QED) is 0.614. The molecule has 2 heterocycles. The van der Waals surface area contributed by atoms with Crippen molar-refractivity contribution in [2.45, 2.75) is 32.0 Å². The molecule has 5 rings (SSSR count). The summed E-state index contributed by atoms with van der Waals surface area (Å²) in [5, 5.41) is 0. The van der Waals surface area contributed by atoms with E-state index in [4.69, 9.17) is 18.9 Å². The molecule has 7 heteroatoms. The van der Waals surface area contributed by atoms with Crippen LogP contribution in [0.1, 0.15) is 20.3 Å². The molecule has 0 radical (unpaired) electrons. The minimum atomic E-state index is -1.15. The van der Waals surface area contributed by atoms with E-state index in [0.29, 0.717) is 6.61 Å². The number of Topliss-reactive ketones (excluding diaryl/α,β-unsaturated/α-hetero) is 1. The molecule has 5 fully saturated rings. The van der Waals surface area contributed by atoms with Crippen LogP contribution in [0.15, 0.2) is 0 Å². The predicted octanol–water partition coefficient (Wildman–Crippen LogP) is 0.102. The van der Waals surface area contributed by atoms with Gasteiger partial charge in [-0.15, -0.1) is 0 Å². The molecule has 5 aliphatic rings. The van der Waals surface area contributed by atoms with E-state index in [2.05, 4.69) is 0 Å². The summed E-state index contributed by atoms with van der Waals surface area (Å²) in [6, 6.07) is 0. The van der Waals surface area contributed by atoms with E-state index < -0.39 is 33.8 Å². The van der Waals surface area contributed by atoms with Crippen molar-refractivity contribution in [1.29, 1.82) is 0 Å². The van der Waals surface area contributed by atoms with Crippen molar-refractivity contribution in [3.05, 3.63) is 0 Å². The second-order valence-electron chi connectivity index (χ2n) is 6.93. The van der Waals surface area contributed by atoms with Gasteiger partial charge in [-0.3, -0.25) is 14.4 Å². The lowest BCUT2D eigenvalue weighted by molar-refractivity contribution is -0.175. The molecule has 7 nitrogen and oxygen atoms in total. The second-order valence-corrected chi connectivity index (χ2v) is 6.93. The molecule has 2 aliphatic heterocycles. The molecule has 0 N–H and O–H groups in total. The van der Waals surface area contributed by atoms with Gasteiger partial charge in [0.1, 0.15) is 22.2 Å². The Morgan fingerprint density at radius 1 is 1.13 bits per heavy atom. The number of hydrogen-bond acceptors (Lipinski definition) is 7. The number of hydrogen-bond donors (Lipinski definition) is 0. The highest BCUT2D eigenvalue weighted by Crippen LogP contribution is 3.09. The van der Waals surface area contributed by atoms with Gasteiger partial charge in [-0.1, -0.05) is 0 Å². The fraction of sp³-hybridized carbons (Fsp3) is 0.812. The Kier molecular flexibility index (Phi) is 2.59. The van der Waals surface area contributed by atoms with E-state index in [0.717, 1.165) is 0 Å². The Labute approximate surface area is 133 Å². The van der Waals surface area contributed by atoms with E-state index in [1.54, 1.807) is 0 Å². The van der Waals surface area contributed by atoms with E-state index in [9.17, 15) is 14.4 Å². The van der Waals surface area contributed by atoms with Crippen molar-refractivity contribution in [3.8, 4) is 0 Å². The first kappa shape index (κ1) is 15.1. The van der Waals surface area contributed by atoms with Gasteiger partial charge in [-0.25, -0.2) is 0 Å². The first-order valence-electron chi connectivity index (χ1n) is 7.82. The second kappa shape index (κ2) is 3.95. The normalized spacial score (nSPS) is 49.7. The molecule has 6 atom stereocenters. The zero-order valence-electron chi connectivity index (χ0n) is 13.6. The number of ether oxygens (including phenoxy) is 4. The topological polar surface area (TPSA) is 88.1 Å². The fourth-order valence-corrected chi connectivity index (χ4v) is 6.32. The number of carbonyl (C=O) groups is 3. The summed E-state index contributed by atoms with van der Waals surface area (Å²) in [6.45, 7) is 4.09. The maximum atomic E-state index is 12.7. The molecule has 0 aromatic rings. The lowest BCUT2D eigenvalue weighted by atomic mass is 9.64. The summed E-state index contributed by atoms with van der Waals surface area (Å²) in [5.74, 6) is -1.17. The molecule has 0 aromatic carbocycles. The van der Waals surface area contributed by atoms with Crippen LogP contribution in [0.3, 0.4) is 0 Å². The van der Waals surface area contributed by atoms with Crippen molar-refractivity contribution < 1.29 is 33.3 Å². The molecule has 3 aliphatic carbocycles. The summed E-state index contributed by atoms with van der Waals surface area (Å²) >= 11 is 0. The van der Waals surface area contributed by atoms with Crippen molar-refractivity contribution >= 4 is 17.7 Å². The summed E-state index contributed by atoms with van der Waals surface area (Å²) in [6.07, 6.45) is -0.296. The number of rotatable bonds is 7. The van der Waals surface area contributed by atoms with Crippen LogP contribution in [-0.4, -0.2) is 56.9 Å². The third-order valence-corrected chi connectivity index (χ3v) is 6.59. The van der Waals surface area contributed by atoms with E-state index in [-0.39, 0.29) is 30.8 Å². The Hall–Kier alpha value is -1.47. The van der Waals surface area contributed by atoms with Gasteiger partial charge in [0, 0.05) is 18.9 Å². The third-order valence-electron chi connectivity index (χ3n) is 6.59. The molecule has 2 saturated heterocycles. The van der Waals surface area contributed by atoms with Crippen LogP contribution in [-0.2, 0) is 33.3 Å². The highest BCUT2D eigenvalue weighted by molar-refractivity contribution is 6.06. The number of methoxy groups -OCH3 is 2. The monoisotopic (exact) mass is 324 g/mol. The molecule has 6 unspecified atom stereocenters. The molecule has 0 amide bonds. The van der Waals surface area contributed by atoms with Crippen molar-refractivity contribution in [2.24, 2.45) is 22.2 Å².